The van der Waals surface area contributed by atoms with Gasteiger partial charge < -0.3 is 5.32 Å². The summed E-state index contributed by atoms with van der Waals surface area (Å²) >= 11 is 0. The number of aromatic nitrogens is 1. The van der Waals surface area contributed by atoms with Crippen LogP contribution in [0.15, 0.2) is 47.6 Å². The van der Waals surface area contributed by atoms with Gasteiger partial charge in [0.05, 0.1) is 6.54 Å². The third-order valence-electron chi connectivity index (χ3n) is 2.80. The van der Waals surface area contributed by atoms with Crippen molar-refractivity contribution in [2.75, 3.05) is 5.32 Å². The lowest BCUT2D eigenvalue weighted by molar-refractivity contribution is 1.09. The van der Waals surface area contributed by atoms with Gasteiger partial charge in [-0.15, -0.1) is 0 Å². The highest BCUT2D eigenvalue weighted by atomic mass is 15.0. The maximum absolute atomic E-state index is 4.47. The van der Waals surface area contributed by atoms with Crippen molar-refractivity contribution in [3.05, 3.63) is 59.4 Å². The molecule has 0 amide bonds. The maximum Gasteiger partial charge on any atom is 0.152 e. The normalized spacial score (nSPS) is 13.1. The van der Waals surface area contributed by atoms with Crippen LogP contribution >= 0.6 is 0 Å². The molecule has 0 saturated heterocycles. The van der Waals surface area contributed by atoms with Gasteiger partial charge in [0.1, 0.15) is 5.69 Å². The van der Waals surface area contributed by atoms with E-state index in [4.69, 9.17) is 0 Å². The van der Waals surface area contributed by atoms with Gasteiger partial charge in [0.25, 0.3) is 0 Å². The molecule has 0 bridgehead atoms. The molecule has 1 aliphatic rings. The van der Waals surface area contributed by atoms with Crippen LogP contribution in [0.1, 0.15) is 16.8 Å². The Balaban J connectivity index is 1.89. The van der Waals surface area contributed by atoms with E-state index in [2.05, 4.69) is 40.4 Å². The number of nitrogens with zero attached hydrogens (tertiary/aromatic N) is 2. The van der Waals surface area contributed by atoms with Crippen LogP contribution < -0.4 is 5.32 Å². The van der Waals surface area contributed by atoms with Gasteiger partial charge in [0.15, 0.2) is 5.84 Å². The second-order valence-corrected chi connectivity index (χ2v) is 4.17. The van der Waals surface area contributed by atoms with Crippen molar-refractivity contribution in [1.29, 1.82) is 0 Å². The van der Waals surface area contributed by atoms with E-state index in [0.29, 0.717) is 0 Å². The van der Waals surface area contributed by atoms with E-state index in [1.165, 1.54) is 11.1 Å². The summed E-state index contributed by atoms with van der Waals surface area (Å²) in [6, 6.07) is 12.3. The number of nitrogens with one attached hydrogen (secondary N) is 1. The van der Waals surface area contributed by atoms with Crippen LogP contribution in [0.2, 0.25) is 0 Å². The molecule has 0 saturated carbocycles. The SMILES string of the molecule is Cc1cccc(NC2=NCc3cccnc32)c1. The number of rotatable bonds is 1. The fourth-order valence-electron chi connectivity index (χ4n) is 1.98. The molecule has 3 heteroatoms. The van der Waals surface area contributed by atoms with E-state index in [1.807, 2.05) is 18.2 Å². The van der Waals surface area contributed by atoms with Crippen molar-refractivity contribution in [1.82, 2.24) is 4.98 Å². The van der Waals surface area contributed by atoms with Crippen LogP contribution in [-0.4, -0.2) is 10.8 Å². The molecule has 2 aromatic rings. The monoisotopic (exact) mass is 223 g/mol. The minimum atomic E-state index is 0.720. The summed E-state index contributed by atoms with van der Waals surface area (Å²) in [5.74, 6) is 0.867. The van der Waals surface area contributed by atoms with E-state index in [9.17, 15) is 0 Å². The Morgan fingerprint density at radius 2 is 2.12 bits per heavy atom. The summed E-state index contributed by atoms with van der Waals surface area (Å²) in [5, 5.41) is 3.33. The van der Waals surface area contributed by atoms with Crippen molar-refractivity contribution >= 4 is 11.5 Å². The molecule has 2 heterocycles. The van der Waals surface area contributed by atoms with E-state index < -0.39 is 0 Å². The lowest BCUT2D eigenvalue weighted by Gasteiger charge is -2.07. The van der Waals surface area contributed by atoms with E-state index in [0.717, 1.165) is 23.8 Å². The van der Waals surface area contributed by atoms with E-state index in [1.54, 1.807) is 6.20 Å². The Hall–Kier alpha value is -2.16. The Kier molecular flexibility index (Phi) is 2.37. The van der Waals surface area contributed by atoms with E-state index in [-0.39, 0.29) is 0 Å². The minimum absolute atomic E-state index is 0.720. The van der Waals surface area contributed by atoms with Crippen LogP contribution in [0, 0.1) is 6.92 Å². The van der Waals surface area contributed by atoms with Crippen molar-refractivity contribution in [2.24, 2.45) is 4.99 Å². The summed E-state index contributed by atoms with van der Waals surface area (Å²) in [6.07, 6.45) is 1.80. The zero-order valence-electron chi connectivity index (χ0n) is 9.64. The van der Waals surface area contributed by atoms with Gasteiger partial charge in [0, 0.05) is 17.4 Å². The molecule has 0 fully saturated rings. The molecule has 1 aromatic heterocycles. The summed E-state index contributed by atoms with van der Waals surface area (Å²) < 4.78 is 0. The molecule has 1 N–H and O–H groups in total. The van der Waals surface area contributed by atoms with Gasteiger partial charge in [-0.05, 0) is 30.7 Å². The molecule has 0 spiro atoms. The first-order valence-electron chi connectivity index (χ1n) is 5.65. The standard InChI is InChI=1S/C14H13N3/c1-10-4-2-6-12(8-10)17-14-13-11(9-16-14)5-3-7-15-13/h2-8H,9H2,1H3,(H,16,17). The van der Waals surface area contributed by atoms with Gasteiger partial charge in [-0.3, -0.25) is 9.98 Å². The summed E-state index contributed by atoms with van der Waals surface area (Å²) in [7, 11) is 0. The molecule has 1 aliphatic heterocycles. The Morgan fingerprint density at radius 1 is 1.18 bits per heavy atom. The maximum atomic E-state index is 4.47. The lowest BCUT2D eigenvalue weighted by Crippen LogP contribution is -2.13. The molecule has 1 aromatic carbocycles. The fraction of sp³-hybridized carbons (Fsp3) is 0.143. The second kappa shape index (κ2) is 4.01. The molecule has 84 valence electrons. The molecular weight excluding hydrogens is 210 g/mol. The zero-order chi connectivity index (χ0) is 11.7. The first-order chi connectivity index (χ1) is 8.33. The predicted octanol–water partition coefficient (Wildman–Crippen LogP) is 2.76. The largest absolute Gasteiger partial charge is 0.339 e. The number of aryl methyl sites for hydroxylation is 1. The van der Waals surface area contributed by atoms with Crippen molar-refractivity contribution in [2.45, 2.75) is 13.5 Å². The first-order valence-corrected chi connectivity index (χ1v) is 5.65. The number of amidine groups is 1. The summed E-state index contributed by atoms with van der Waals surface area (Å²) in [4.78, 5) is 8.84. The number of pyridine rings is 1. The predicted molar refractivity (Wildman–Crippen MR) is 69.3 cm³/mol. The fourth-order valence-corrected chi connectivity index (χ4v) is 1.98. The van der Waals surface area contributed by atoms with Gasteiger partial charge in [0.2, 0.25) is 0 Å². The van der Waals surface area contributed by atoms with E-state index >= 15 is 0 Å². The number of fused-ring (bicyclic) bond motifs is 1. The van der Waals surface area contributed by atoms with Crippen LogP contribution in [-0.2, 0) is 6.54 Å². The first kappa shape index (κ1) is 10.0. The summed E-state index contributed by atoms with van der Waals surface area (Å²) in [5.41, 5.74) is 4.44. The van der Waals surface area contributed by atoms with Crippen LogP contribution in [0.4, 0.5) is 5.69 Å². The van der Waals surface area contributed by atoms with Gasteiger partial charge in [-0.2, -0.15) is 0 Å². The number of aliphatic imine (C=N–C) groups is 1. The molecule has 0 radical (unpaired) electrons. The smallest absolute Gasteiger partial charge is 0.152 e. The van der Waals surface area contributed by atoms with Gasteiger partial charge in [-0.1, -0.05) is 18.2 Å². The third-order valence-corrected chi connectivity index (χ3v) is 2.80. The molecule has 17 heavy (non-hydrogen) atoms. The Bertz CT molecular complexity index is 588. The highest BCUT2D eigenvalue weighted by Gasteiger charge is 2.16. The Labute approximate surface area is 100 Å². The Morgan fingerprint density at radius 3 is 3.00 bits per heavy atom. The number of anilines is 1. The molecule has 0 atom stereocenters. The van der Waals surface area contributed by atoms with Gasteiger partial charge >= 0.3 is 0 Å². The highest BCUT2D eigenvalue weighted by molar-refractivity contribution is 6.09. The third kappa shape index (κ3) is 1.91. The van der Waals surface area contributed by atoms with Crippen molar-refractivity contribution in [3.8, 4) is 0 Å². The minimum Gasteiger partial charge on any atom is -0.339 e. The average Bonchev–Trinajstić information content (AvgIpc) is 2.73. The number of hydrogen-bond acceptors (Lipinski definition) is 3. The van der Waals surface area contributed by atoms with Crippen LogP contribution in [0.25, 0.3) is 0 Å². The molecule has 0 unspecified atom stereocenters. The van der Waals surface area contributed by atoms with Crippen LogP contribution in [0.3, 0.4) is 0 Å². The lowest BCUT2D eigenvalue weighted by atomic mass is 10.2. The molecular formula is C14H13N3. The topological polar surface area (TPSA) is 37.3 Å². The molecule has 0 aliphatic carbocycles. The van der Waals surface area contributed by atoms with Crippen LogP contribution in [0.5, 0.6) is 0 Å². The molecule has 3 nitrogen and oxygen atoms in total. The highest BCUT2D eigenvalue weighted by Crippen LogP contribution is 2.18. The number of benzene rings is 1. The zero-order valence-corrected chi connectivity index (χ0v) is 9.64. The second-order valence-electron chi connectivity index (χ2n) is 4.17. The average molecular weight is 223 g/mol. The van der Waals surface area contributed by atoms with Gasteiger partial charge in [-0.25, -0.2) is 0 Å². The number of hydrogen-bond donors (Lipinski definition) is 1. The van der Waals surface area contributed by atoms with Crippen molar-refractivity contribution in [3.63, 3.8) is 0 Å². The quantitative estimate of drug-likeness (QED) is 0.807. The molecule has 3 rings (SSSR count). The summed E-state index contributed by atoms with van der Waals surface area (Å²) in [6.45, 7) is 2.80. The van der Waals surface area contributed by atoms with Crippen molar-refractivity contribution < 1.29 is 0 Å².